The zero-order valence-corrected chi connectivity index (χ0v) is 14.0. The van der Waals surface area contributed by atoms with Gasteiger partial charge in [-0.05, 0) is 25.0 Å². The van der Waals surface area contributed by atoms with Gasteiger partial charge in [0, 0.05) is 37.8 Å². The van der Waals surface area contributed by atoms with Crippen LogP contribution in [0, 0.1) is 0 Å². The first-order chi connectivity index (χ1) is 12.3. The number of nitrogens with one attached hydrogen (secondary N) is 1. The van der Waals surface area contributed by atoms with Crippen LogP contribution in [0.1, 0.15) is 36.2 Å². The van der Waals surface area contributed by atoms with E-state index >= 15 is 0 Å². The van der Waals surface area contributed by atoms with Gasteiger partial charge in [-0.25, -0.2) is 9.97 Å². The van der Waals surface area contributed by atoms with Gasteiger partial charge in [-0.1, -0.05) is 6.07 Å². The van der Waals surface area contributed by atoms with Crippen LogP contribution < -0.4 is 16.0 Å². The van der Waals surface area contributed by atoms with E-state index in [1.54, 1.807) is 0 Å². The summed E-state index contributed by atoms with van der Waals surface area (Å²) in [5.41, 5.74) is 9.19. The fourth-order valence-electron chi connectivity index (χ4n) is 3.59. The molecule has 0 amide bonds. The van der Waals surface area contributed by atoms with E-state index in [9.17, 15) is 0 Å². The van der Waals surface area contributed by atoms with Crippen molar-refractivity contribution < 1.29 is 0 Å². The summed E-state index contributed by atoms with van der Waals surface area (Å²) < 4.78 is 2.14. The van der Waals surface area contributed by atoms with Crippen molar-refractivity contribution in [2.45, 2.75) is 24.8 Å². The Morgan fingerprint density at radius 1 is 1.20 bits per heavy atom. The van der Waals surface area contributed by atoms with Crippen molar-refractivity contribution in [3.8, 4) is 0 Å². The van der Waals surface area contributed by atoms with Crippen molar-refractivity contribution in [1.82, 2.24) is 24.7 Å². The molecule has 2 fully saturated rings. The van der Waals surface area contributed by atoms with Crippen LogP contribution in [-0.2, 0) is 0 Å². The lowest BCUT2D eigenvalue weighted by atomic mass is 10.1. The average molecular weight is 335 g/mol. The summed E-state index contributed by atoms with van der Waals surface area (Å²) in [7, 11) is 0. The highest BCUT2D eigenvalue weighted by Crippen LogP contribution is 2.40. The Morgan fingerprint density at radius 2 is 2.12 bits per heavy atom. The fourth-order valence-corrected chi connectivity index (χ4v) is 3.59. The van der Waals surface area contributed by atoms with Gasteiger partial charge in [0.15, 0.2) is 0 Å². The molecule has 7 nitrogen and oxygen atoms in total. The lowest BCUT2D eigenvalue weighted by molar-refractivity contribution is 0.459. The van der Waals surface area contributed by atoms with E-state index in [2.05, 4.69) is 41.8 Å². The average Bonchev–Trinajstić information content (AvgIpc) is 3.41. The van der Waals surface area contributed by atoms with E-state index in [0.29, 0.717) is 11.9 Å². The first kappa shape index (κ1) is 14.7. The van der Waals surface area contributed by atoms with E-state index in [0.717, 1.165) is 36.8 Å². The van der Waals surface area contributed by atoms with Gasteiger partial charge >= 0.3 is 0 Å². The maximum Gasteiger partial charge on any atom is 0.222 e. The fraction of sp³-hybridized carbons (Fsp3) is 0.389. The van der Waals surface area contributed by atoms with Crippen LogP contribution in [0.5, 0.6) is 0 Å². The van der Waals surface area contributed by atoms with Crippen molar-refractivity contribution in [3.63, 3.8) is 0 Å². The number of anilines is 2. The second-order valence-electron chi connectivity index (χ2n) is 6.85. The van der Waals surface area contributed by atoms with Gasteiger partial charge in [-0.2, -0.15) is 4.98 Å². The minimum absolute atomic E-state index is 0.201. The van der Waals surface area contributed by atoms with Crippen LogP contribution in [0.15, 0.2) is 36.7 Å². The highest BCUT2D eigenvalue weighted by molar-refractivity contribution is 5.47. The second kappa shape index (κ2) is 5.70. The molecule has 1 aliphatic carbocycles. The molecule has 5 rings (SSSR count). The summed E-state index contributed by atoms with van der Waals surface area (Å²) in [6.45, 7) is 2.64. The Labute approximate surface area is 145 Å². The molecule has 1 saturated carbocycles. The maximum absolute atomic E-state index is 5.96. The van der Waals surface area contributed by atoms with Crippen LogP contribution in [0.4, 0.5) is 11.8 Å². The summed E-state index contributed by atoms with van der Waals surface area (Å²) in [6.07, 6.45) is 6.44. The van der Waals surface area contributed by atoms with Crippen molar-refractivity contribution in [3.05, 3.63) is 48.0 Å². The first-order valence-corrected chi connectivity index (χ1v) is 8.83. The second-order valence-corrected chi connectivity index (χ2v) is 6.85. The third-order valence-corrected chi connectivity index (χ3v) is 5.05. The Kier molecular flexibility index (Phi) is 3.34. The van der Waals surface area contributed by atoms with Crippen LogP contribution in [0.3, 0.4) is 0 Å². The van der Waals surface area contributed by atoms with Crippen molar-refractivity contribution >= 4 is 17.4 Å². The number of piperazine rings is 1. The molecule has 0 aromatic carbocycles. The number of rotatable bonds is 3. The van der Waals surface area contributed by atoms with Crippen LogP contribution in [-0.4, -0.2) is 39.0 Å². The van der Waals surface area contributed by atoms with Crippen LogP contribution in [0.2, 0.25) is 0 Å². The molecule has 0 radical (unpaired) electrons. The Hall–Kier alpha value is -2.67. The number of nitrogens with zero attached hydrogens (tertiary/aromatic N) is 5. The zero-order chi connectivity index (χ0) is 16.8. The molecule has 1 saturated heterocycles. The highest BCUT2D eigenvalue weighted by atomic mass is 15.3. The number of imidazole rings is 1. The minimum Gasteiger partial charge on any atom is -0.368 e. The van der Waals surface area contributed by atoms with Gasteiger partial charge in [0.25, 0.3) is 0 Å². The minimum atomic E-state index is 0.201. The smallest absolute Gasteiger partial charge is 0.222 e. The molecule has 25 heavy (non-hydrogen) atoms. The standard InChI is InChI=1S/C18H21N7/c19-18-22-13(12-4-5-12)9-17(23-18)24-8-6-20-14(11-24)15-10-21-16-3-1-2-7-25(15)16/h1-3,7,9-10,12,14,20H,4-6,8,11H2,(H2,19,22,23)/t14-/m1/s1. The van der Waals surface area contributed by atoms with Gasteiger partial charge in [0.05, 0.1) is 23.6 Å². The van der Waals surface area contributed by atoms with Gasteiger partial charge in [0.2, 0.25) is 5.95 Å². The van der Waals surface area contributed by atoms with E-state index in [1.807, 2.05) is 24.4 Å². The molecule has 2 aliphatic rings. The summed E-state index contributed by atoms with van der Waals surface area (Å²) in [5.74, 6) is 1.89. The molecule has 1 aliphatic heterocycles. The van der Waals surface area contributed by atoms with E-state index in [4.69, 9.17) is 5.73 Å². The van der Waals surface area contributed by atoms with Crippen molar-refractivity contribution in [1.29, 1.82) is 0 Å². The molecular formula is C18H21N7. The number of aromatic nitrogens is 4. The SMILES string of the molecule is Nc1nc(C2CC2)cc(N2CCN[C@@H](c3cnc4ccccn34)C2)n1. The number of fused-ring (bicyclic) bond motifs is 1. The normalized spacial score (nSPS) is 21.0. The molecule has 0 bridgehead atoms. The monoisotopic (exact) mass is 335 g/mol. The summed E-state index contributed by atoms with van der Waals surface area (Å²) in [4.78, 5) is 15.7. The third kappa shape index (κ3) is 2.70. The summed E-state index contributed by atoms with van der Waals surface area (Å²) in [5, 5.41) is 3.60. The quantitative estimate of drug-likeness (QED) is 0.758. The van der Waals surface area contributed by atoms with Gasteiger partial charge in [0.1, 0.15) is 11.5 Å². The largest absolute Gasteiger partial charge is 0.368 e. The lowest BCUT2D eigenvalue weighted by Gasteiger charge is -2.34. The predicted molar refractivity (Wildman–Crippen MR) is 96.6 cm³/mol. The summed E-state index contributed by atoms with van der Waals surface area (Å²) in [6, 6.07) is 8.38. The molecule has 3 aromatic heterocycles. The Morgan fingerprint density at radius 3 is 3.00 bits per heavy atom. The maximum atomic E-state index is 5.96. The van der Waals surface area contributed by atoms with Crippen LogP contribution in [0.25, 0.3) is 5.65 Å². The predicted octanol–water partition coefficient (Wildman–Crippen LogP) is 1.73. The Balaban J connectivity index is 1.44. The lowest BCUT2D eigenvalue weighted by Crippen LogP contribution is -2.46. The Bertz CT molecular complexity index is 915. The van der Waals surface area contributed by atoms with E-state index < -0.39 is 0 Å². The van der Waals surface area contributed by atoms with Crippen molar-refractivity contribution in [2.75, 3.05) is 30.3 Å². The molecule has 1 atom stereocenters. The molecule has 4 heterocycles. The molecular weight excluding hydrogens is 314 g/mol. The van der Waals surface area contributed by atoms with Gasteiger partial charge in [-0.3, -0.25) is 0 Å². The molecule has 3 N–H and O–H groups in total. The number of hydrogen-bond donors (Lipinski definition) is 2. The summed E-state index contributed by atoms with van der Waals surface area (Å²) >= 11 is 0. The number of pyridine rings is 1. The van der Waals surface area contributed by atoms with E-state index in [-0.39, 0.29) is 6.04 Å². The highest BCUT2D eigenvalue weighted by Gasteiger charge is 2.28. The topological polar surface area (TPSA) is 84.4 Å². The number of hydrogen-bond acceptors (Lipinski definition) is 6. The van der Waals surface area contributed by atoms with E-state index in [1.165, 1.54) is 18.5 Å². The third-order valence-electron chi connectivity index (χ3n) is 5.05. The van der Waals surface area contributed by atoms with Crippen LogP contribution >= 0.6 is 0 Å². The zero-order valence-electron chi connectivity index (χ0n) is 14.0. The molecule has 3 aromatic rings. The molecule has 7 heteroatoms. The number of nitrogen functional groups attached to an aromatic ring is 1. The number of nitrogens with two attached hydrogens (primary N) is 1. The molecule has 128 valence electrons. The van der Waals surface area contributed by atoms with Gasteiger partial charge < -0.3 is 20.4 Å². The molecule has 0 spiro atoms. The first-order valence-electron chi connectivity index (χ1n) is 8.83. The van der Waals surface area contributed by atoms with Gasteiger partial charge in [-0.15, -0.1) is 0 Å². The molecule has 0 unspecified atom stereocenters. The van der Waals surface area contributed by atoms with Crippen molar-refractivity contribution in [2.24, 2.45) is 0 Å².